The van der Waals surface area contributed by atoms with Crippen LogP contribution in [0.15, 0.2) is 18.2 Å². The Morgan fingerprint density at radius 3 is 2.92 bits per heavy atom. The van der Waals surface area contributed by atoms with E-state index in [1.165, 1.54) is 7.11 Å². The Morgan fingerprint density at radius 1 is 1.54 bits per heavy atom. The fourth-order valence-corrected chi connectivity index (χ4v) is 1.05. The van der Waals surface area contributed by atoms with Crippen LogP contribution in [-0.2, 0) is 4.79 Å². The molecule has 0 spiro atoms. The quantitative estimate of drug-likeness (QED) is 0.504. The second kappa shape index (κ2) is 4.54. The van der Waals surface area contributed by atoms with E-state index in [-0.39, 0.29) is 0 Å². The maximum absolute atomic E-state index is 9.97. The number of carbonyl (C=O) groups is 1. The zero-order valence-electron chi connectivity index (χ0n) is 7.00. The van der Waals surface area contributed by atoms with E-state index in [0.717, 1.165) is 0 Å². The van der Waals surface area contributed by atoms with Crippen LogP contribution in [0.5, 0.6) is 5.75 Å². The highest BCUT2D eigenvalue weighted by molar-refractivity contribution is 6.32. The minimum absolute atomic E-state index is 0.527. The Labute approximate surface area is 81.5 Å². The predicted octanol–water partition coefficient (Wildman–Crippen LogP) is 1.90. The zero-order chi connectivity index (χ0) is 9.68. The van der Waals surface area contributed by atoms with Crippen molar-refractivity contribution in [2.24, 2.45) is 0 Å². The van der Waals surface area contributed by atoms with E-state index in [2.05, 4.69) is 11.8 Å². The molecule has 0 aliphatic carbocycles. The maximum atomic E-state index is 9.97. The van der Waals surface area contributed by atoms with Crippen LogP contribution in [0, 0.1) is 11.8 Å². The molecule has 0 N–H and O–H groups in total. The number of hydrogen-bond donors (Lipinski definition) is 0. The molecule has 0 amide bonds. The number of halogens is 1. The van der Waals surface area contributed by atoms with Gasteiger partial charge in [-0.05, 0) is 24.1 Å². The largest absolute Gasteiger partial charge is 0.495 e. The van der Waals surface area contributed by atoms with Crippen LogP contribution in [0.4, 0.5) is 0 Å². The lowest BCUT2D eigenvalue weighted by Crippen LogP contribution is -1.85. The Bertz CT molecular complexity index is 374. The average Bonchev–Trinajstić information content (AvgIpc) is 2.16. The van der Waals surface area contributed by atoms with Gasteiger partial charge in [0.05, 0.1) is 12.1 Å². The van der Waals surface area contributed by atoms with Gasteiger partial charge in [0.25, 0.3) is 0 Å². The van der Waals surface area contributed by atoms with Gasteiger partial charge in [0, 0.05) is 5.56 Å². The molecule has 0 saturated heterocycles. The number of aldehydes is 1. The molecule has 0 bridgehead atoms. The molecule has 0 fully saturated rings. The van der Waals surface area contributed by atoms with Gasteiger partial charge < -0.3 is 4.74 Å². The van der Waals surface area contributed by atoms with Crippen molar-refractivity contribution >= 4 is 17.9 Å². The van der Waals surface area contributed by atoms with E-state index in [0.29, 0.717) is 22.6 Å². The fourth-order valence-electron chi connectivity index (χ4n) is 0.850. The van der Waals surface area contributed by atoms with E-state index in [1.54, 1.807) is 18.2 Å². The van der Waals surface area contributed by atoms with Crippen LogP contribution in [0.1, 0.15) is 5.56 Å². The summed E-state index contributed by atoms with van der Waals surface area (Å²) in [5.41, 5.74) is 0.702. The maximum Gasteiger partial charge on any atom is 0.193 e. The van der Waals surface area contributed by atoms with Gasteiger partial charge in [0.15, 0.2) is 6.29 Å². The van der Waals surface area contributed by atoms with E-state index < -0.39 is 0 Å². The fraction of sp³-hybridized carbons (Fsp3) is 0.100. The smallest absolute Gasteiger partial charge is 0.193 e. The first-order valence-electron chi connectivity index (χ1n) is 3.56. The van der Waals surface area contributed by atoms with Crippen LogP contribution in [0.25, 0.3) is 0 Å². The molecule has 0 unspecified atom stereocenters. The SMILES string of the molecule is COc1cc(C#CC=O)ccc1Cl. The molecule has 1 aromatic carbocycles. The van der Waals surface area contributed by atoms with Crippen LogP contribution in [0.3, 0.4) is 0 Å². The molecule has 0 radical (unpaired) electrons. The van der Waals surface area contributed by atoms with Gasteiger partial charge in [-0.15, -0.1) is 0 Å². The lowest BCUT2D eigenvalue weighted by atomic mass is 10.2. The first-order valence-corrected chi connectivity index (χ1v) is 3.94. The normalized spacial score (nSPS) is 8.46. The molecule has 1 aromatic rings. The van der Waals surface area contributed by atoms with Crippen molar-refractivity contribution in [3.63, 3.8) is 0 Å². The monoisotopic (exact) mass is 194 g/mol. The van der Waals surface area contributed by atoms with Crippen molar-refractivity contribution in [1.82, 2.24) is 0 Å². The molecular weight excluding hydrogens is 188 g/mol. The van der Waals surface area contributed by atoms with Gasteiger partial charge in [-0.1, -0.05) is 17.5 Å². The van der Waals surface area contributed by atoms with Crippen LogP contribution < -0.4 is 4.74 Å². The highest BCUT2D eigenvalue weighted by Crippen LogP contribution is 2.24. The number of rotatable bonds is 1. The van der Waals surface area contributed by atoms with Crippen LogP contribution >= 0.6 is 11.6 Å². The predicted molar refractivity (Wildman–Crippen MR) is 50.9 cm³/mol. The first-order chi connectivity index (χ1) is 6.27. The molecule has 66 valence electrons. The molecule has 0 aromatic heterocycles. The zero-order valence-corrected chi connectivity index (χ0v) is 7.76. The molecule has 2 nitrogen and oxygen atoms in total. The molecule has 0 aliphatic heterocycles. The van der Waals surface area contributed by atoms with Crippen molar-refractivity contribution in [2.75, 3.05) is 7.11 Å². The number of ether oxygens (including phenoxy) is 1. The van der Waals surface area contributed by atoms with E-state index in [1.807, 2.05) is 0 Å². The molecular formula is C10H7ClO2. The summed E-state index contributed by atoms with van der Waals surface area (Å²) in [6, 6.07) is 5.08. The van der Waals surface area contributed by atoms with Crippen molar-refractivity contribution in [2.45, 2.75) is 0 Å². The van der Waals surface area contributed by atoms with Gasteiger partial charge in [-0.2, -0.15) is 0 Å². The third-order valence-corrected chi connectivity index (χ3v) is 1.74. The summed E-state index contributed by atoms with van der Waals surface area (Å²) in [4.78, 5) is 9.97. The van der Waals surface area contributed by atoms with Gasteiger partial charge in [-0.25, -0.2) is 0 Å². The summed E-state index contributed by atoms with van der Waals surface area (Å²) < 4.78 is 4.98. The first kappa shape index (κ1) is 9.63. The minimum Gasteiger partial charge on any atom is -0.495 e. The van der Waals surface area contributed by atoms with Gasteiger partial charge in [0.2, 0.25) is 0 Å². The second-order valence-corrected chi connectivity index (χ2v) is 2.64. The Kier molecular flexibility index (Phi) is 3.36. The Morgan fingerprint density at radius 2 is 2.31 bits per heavy atom. The Hall–Kier alpha value is -1.46. The highest BCUT2D eigenvalue weighted by atomic mass is 35.5. The second-order valence-electron chi connectivity index (χ2n) is 2.24. The van der Waals surface area contributed by atoms with Crippen molar-refractivity contribution in [3.8, 4) is 17.6 Å². The molecule has 0 heterocycles. The summed E-state index contributed by atoms with van der Waals surface area (Å²) in [7, 11) is 1.53. The molecule has 0 saturated carbocycles. The summed E-state index contributed by atoms with van der Waals surface area (Å²) in [6.45, 7) is 0. The number of carbonyl (C=O) groups excluding carboxylic acids is 1. The van der Waals surface area contributed by atoms with E-state index >= 15 is 0 Å². The topological polar surface area (TPSA) is 26.3 Å². The third kappa shape index (κ3) is 2.50. The standard InChI is InChI=1S/C10H7ClO2/c1-13-10-7-8(3-2-6-12)4-5-9(10)11/h4-7H,1H3. The van der Waals surface area contributed by atoms with Crippen molar-refractivity contribution in [3.05, 3.63) is 28.8 Å². The molecule has 0 aliphatic rings. The minimum atomic E-state index is 0.527. The van der Waals surface area contributed by atoms with E-state index in [9.17, 15) is 4.79 Å². The Balaban J connectivity index is 3.06. The number of benzene rings is 1. The average molecular weight is 195 g/mol. The van der Waals surface area contributed by atoms with Crippen molar-refractivity contribution in [1.29, 1.82) is 0 Å². The number of methoxy groups -OCH3 is 1. The molecule has 1 rings (SSSR count). The molecule has 13 heavy (non-hydrogen) atoms. The lowest BCUT2D eigenvalue weighted by molar-refractivity contribution is -0.103. The van der Waals surface area contributed by atoms with Crippen LogP contribution in [0.2, 0.25) is 5.02 Å². The molecule has 0 atom stereocenters. The highest BCUT2D eigenvalue weighted by Gasteiger charge is 1.99. The summed E-state index contributed by atoms with van der Waals surface area (Å²) >= 11 is 5.79. The summed E-state index contributed by atoms with van der Waals surface area (Å²) in [5.74, 6) is 5.50. The number of hydrogen-bond acceptors (Lipinski definition) is 2. The van der Waals surface area contributed by atoms with Gasteiger partial charge >= 0.3 is 0 Å². The van der Waals surface area contributed by atoms with Crippen molar-refractivity contribution < 1.29 is 9.53 Å². The third-order valence-electron chi connectivity index (χ3n) is 1.43. The van der Waals surface area contributed by atoms with Gasteiger partial charge in [0.1, 0.15) is 5.75 Å². The van der Waals surface area contributed by atoms with Crippen LogP contribution in [-0.4, -0.2) is 13.4 Å². The lowest BCUT2D eigenvalue weighted by Gasteiger charge is -2.01. The summed E-state index contributed by atoms with van der Waals surface area (Å²) in [6.07, 6.45) is 0.543. The van der Waals surface area contributed by atoms with E-state index in [4.69, 9.17) is 16.3 Å². The summed E-state index contributed by atoms with van der Waals surface area (Å²) in [5, 5.41) is 0.527. The van der Waals surface area contributed by atoms with Gasteiger partial charge in [-0.3, -0.25) is 4.79 Å². The molecule has 3 heteroatoms.